The molecule has 0 aliphatic rings. The van der Waals surface area contributed by atoms with Crippen molar-refractivity contribution in [1.82, 2.24) is 29.1 Å². The van der Waals surface area contributed by atoms with Crippen molar-refractivity contribution in [3.8, 4) is 34.4 Å². The summed E-state index contributed by atoms with van der Waals surface area (Å²) in [5, 5.41) is 16.0. The summed E-state index contributed by atoms with van der Waals surface area (Å²) < 4.78 is 25.6. The number of aromatic nitrogens is 6. The van der Waals surface area contributed by atoms with Crippen molar-refractivity contribution in [3.63, 3.8) is 0 Å². The molecule has 0 saturated carbocycles. The summed E-state index contributed by atoms with van der Waals surface area (Å²) in [4.78, 5) is 21.1. The largest absolute Gasteiger partial charge is 0.456 e. The van der Waals surface area contributed by atoms with E-state index in [4.69, 9.17) is 33.2 Å². The standard InChI is InChI=1S/C38H21N3O2.C38H21N3OS/c1-2-10-23-21-31-28(19-22(23)9-1)25-11-3-6-14-30(25)41(31)38-36-35(27-13-5-8-16-33(27)43-36)39-37(40-38)24-17-18-34-29(20-24)26-12-4-7-15-32(26)42-34;1-2-10-23-21-31-28(19-22(23)9-1)25-11-3-6-14-30(25)41(31)38-36-35(27-13-5-8-16-34(27)43-36)39-37(40-38)24-17-18-33-29(20-24)26-12-4-7-15-32(26)42-33/h2*1-21H. The fourth-order valence-electron chi connectivity index (χ4n) is 13.2. The van der Waals surface area contributed by atoms with E-state index < -0.39 is 0 Å². The van der Waals surface area contributed by atoms with Crippen LogP contribution >= 0.6 is 11.3 Å². The lowest BCUT2D eigenvalue weighted by atomic mass is 10.1. The normalized spacial score (nSPS) is 12.2. The summed E-state index contributed by atoms with van der Waals surface area (Å²) in [5.41, 5.74) is 13.0. The minimum Gasteiger partial charge on any atom is -0.456 e. The molecule has 0 amide bonds. The molecule has 8 aromatic heterocycles. The molecule has 12 aromatic carbocycles. The summed E-state index contributed by atoms with van der Waals surface area (Å²) in [6, 6.07) is 88.7. The third-order valence-electron chi connectivity index (χ3n) is 17.2. The highest BCUT2D eigenvalue weighted by atomic mass is 32.1. The van der Waals surface area contributed by atoms with E-state index in [9.17, 15) is 0 Å². The summed E-state index contributed by atoms with van der Waals surface area (Å²) in [6.45, 7) is 0. The number of hydrogen-bond donors (Lipinski definition) is 0. The summed E-state index contributed by atoms with van der Waals surface area (Å²) in [7, 11) is 0. The zero-order valence-corrected chi connectivity index (χ0v) is 46.4. The highest BCUT2D eigenvalue weighted by molar-refractivity contribution is 7.26. The Bertz CT molecular complexity index is 5870. The highest BCUT2D eigenvalue weighted by Gasteiger charge is 2.25. The van der Waals surface area contributed by atoms with Crippen LogP contribution in [0.25, 0.3) is 186 Å². The zero-order valence-electron chi connectivity index (χ0n) is 45.6. The average molecular weight is 1120 g/mol. The number of hydrogen-bond acceptors (Lipinski definition) is 8. The number of furan rings is 3. The van der Waals surface area contributed by atoms with E-state index in [0.717, 1.165) is 121 Å². The van der Waals surface area contributed by atoms with Gasteiger partial charge >= 0.3 is 0 Å². The van der Waals surface area contributed by atoms with Gasteiger partial charge in [0.1, 0.15) is 33.4 Å². The van der Waals surface area contributed by atoms with E-state index in [1.807, 2.05) is 72.8 Å². The molecule has 0 atom stereocenters. The van der Waals surface area contributed by atoms with Crippen LogP contribution in [0.1, 0.15) is 0 Å². The zero-order chi connectivity index (χ0) is 56.1. The predicted octanol–water partition coefficient (Wildman–Crippen LogP) is 20.9. The first-order valence-electron chi connectivity index (χ1n) is 28.7. The lowest BCUT2D eigenvalue weighted by molar-refractivity contribution is 0.662. The molecule has 20 rings (SSSR count). The molecule has 0 saturated heterocycles. The van der Waals surface area contributed by atoms with E-state index in [1.54, 1.807) is 11.3 Å². The molecule has 20 aromatic rings. The average Bonchev–Trinajstić information content (AvgIpc) is 4.06. The Labute approximate surface area is 491 Å². The van der Waals surface area contributed by atoms with E-state index in [0.29, 0.717) is 17.2 Å². The molecule has 9 nitrogen and oxygen atoms in total. The molecule has 0 bridgehead atoms. The molecule has 10 heteroatoms. The van der Waals surface area contributed by atoms with Gasteiger partial charge in [0.25, 0.3) is 0 Å². The highest BCUT2D eigenvalue weighted by Crippen LogP contribution is 2.44. The second-order valence-electron chi connectivity index (χ2n) is 22.0. The van der Waals surface area contributed by atoms with E-state index in [-0.39, 0.29) is 0 Å². The quantitative estimate of drug-likeness (QED) is 0.173. The molecule has 0 unspecified atom stereocenters. The van der Waals surface area contributed by atoms with Gasteiger partial charge in [-0.15, -0.1) is 11.3 Å². The van der Waals surface area contributed by atoms with Crippen LogP contribution < -0.4 is 0 Å². The second kappa shape index (κ2) is 18.0. The number of thiophene rings is 1. The number of nitrogens with zero attached hydrogens (tertiary/aromatic N) is 6. The van der Waals surface area contributed by atoms with Crippen molar-refractivity contribution in [1.29, 1.82) is 0 Å². The summed E-state index contributed by atoms with van der Waals surface area (Å²) >= 11 is 1.76. The molecule has 0 aliphatic heterocycles. The molecule has 8 heterocycles. The fraction of sp³-hybridized carbons (Fsp3) is 0. The van der Waals surface area contributed by atoms with E-state index >= 15 is 0 Å². The van der Waals surface area contributed by atoms with Gasteiger partial charge in [0.2, 0.25) is 0 Å². The van der Waals surface area contributed by atoms with Crippen molar-refractivity contribution in [3.05, 3.63) is 255 Å². The maximum atomic E-state index is 6.54. The van der Waals surface area contributed by atoms with E-state index in [2.05, 4.69) is 191 Å². The summed E-state index contributed by atoms with van der Waals surface area (Å²) in [5.74, 6) is 2.95. The van der Waals surface area contributed by atoms with Crippen molar-refractivity contribution in [2.75, 3.05) is 0 Å². The fourth-order valence-corrected chi connectivity index (χ4v) is 14.3. The molecule has 0 fully saturated rings. The summed E-state index contributed by atoms with van der Waals surface area (Å²) in [6.07, 6.45) is 0. The van der Waals surface area contributed by atoms with Crippen LogP contribution in [0.15, 0.2) is 268 Å². The number of fused-ring (bicyclic) bond motifs is 20. The van der Waals surface area contributed by atoms with Gasteiger partial charge < -0.3 is 13.3 Å². The SMILES string of the molecule is c1ccc2cc3c(cc2c1)c1ccccc1n3-c1nc(-c2ccc3oc4ccccc4c3c2)nc2c1oc1ccccc12.c1ccc2cc3c(cc2c1)c1ccccc1n3-c1nc(-c2ccc3oc4ccccc4c3c2)nc2c1sc1ccccc12. The molecule has 86 heavy (non-hydrogen) atoms. The monoisotopic (exact) mass is 1120 g/mol. The van der Waals surface area contributed by atoms with Crippen LogP contribution in [0.2, 0.25) is 0 Å². The second-order valence-corrected chi connectivity index (χ2v) is 23.1. The van der Waals surface area contributed by atoms with Gasteiger partial charge in [-0.1, -0.05) is 152 Å². The third kappa shape index (κ3) is 6.99. The molecular weight excluding hydrogens is 1080 g/mol. The van der Waals surface area contributed by atoms with Crippen molar-refractivity contribution < 1.29 is 13.3 Å². The molecule has 0 spiro atoms. The smallest absolute Gasteiger partial charge is 0.197 e. The Hall–Kier alpha value is -11.5. The Balaban J connectivity index is 0.000000126. The first-order valence-corrected chi connectivity index (χ1v) is 29.5. The molecule has 0 aliphatic carbocycles. The molecule has 0 radical (unpaired) electrons. The van der Waals surface area contributed by atoms with Crippen LogP contribution in [0.3, 0.4) is 0 Å². The lowest BCUT2D eigenvalue weighted by Gasteiger charge is -2.11. The molecule has 0 N–H and O–H groups in total. The maximum Gasteiger partial charge on any atom is 0.197 e. The van der Waals surface area contributed by atoms with Gasteiger partial charge in [0, 0.05) is 69.7 Å². The topological polar surface area (TPSA) is 101 Å². The van der Waals surface area contributed by atoms with Crippen LogP contribution in [0.5, 0.6) is 0 Å². The maximum absolute atomic E-state index is 6.54. The van der Waals surface area contributed by atoms with Crippen LogP contribution in [-0.2, 0) is 0 Å². The van der Waals surface area contributed by atoms with Gasteiger partial charge in [0.15, 0.2) is 28.9 Å². The third-order valence-corrected chi connectivity index (χ3v) is 18.3. The Morgan fingerprint density at radius 2 is 0.698 bits per heavy atom. The van der Waals surface area contributed by atoms with Crippen LogP contribution in [-0.4, -0.2) is 29.1 Å². The first kappa shape index (κ1) is 47.1. The minimum absolute atomic E-state index is 0.632. The Kier molecular flexibility index (Phi) is 9.86. The van der Waals surface area contributed by atoms with Gasteiger partial charge in [0.05, 0.1) is 32.3 Å². The Morgan fingerprint density at radius 3 is 1.27 bits per heavy atom. The van der Waals surface area contributed by atoms with Gasteiger partial charge in [-0.3, -0.25) is 9.13 Å². The first-order chi connectivity index (χ1) is 42.6. The van der Waals surface area contributed by atoms with Crippen molar-refractivity contribution in [2.24, 2.45) is 0 Å². The number of para-hydroxylation sites is 5. The van der Waals surface area contributed by atoms with Gasteiger partial charge in [-0.05, 0) is 125 Å². The van der Waals surface area contributed by atoms with Crippen LogP contribution in [0, 0.1) is 0 Å². The predicted molar refractivity (Wildman–Crippen MR) is 353 cm³/mol. The van der Waals surface area contributed by atoms with Crippen molar-refractivity contribution in [2.45, 2.75) is 0 Å². The van der Waals surface area contributed by atoms with Crippen molar-refractivity contribution >= 4 is 163 Å². The number of benzene rings is 12. The van der Waals surface area contributed by atoms with Gasteiger partial charge in [-0.2, -0.15) is 0 Å². The molecule has 400 valence electrons. The lowest BCUT2D eigenvalue weighted by Crippen LogP contribution is -2.01. The minimum atomic E-state index is 0.632. The number of rotatable bonds is 4. The Morgan fingerprint density at radius 1 is 0.279 bits per heavy atom. The van der Waals surface area contributed by atoms with Crippen LogP contribution in [0.4, 0.5) is 0 Å². The van der Waals surface area contributed by atoms with E-state index in [1.165, 1.54) is 47.8 Å². The molecular formula is C76H42N6O3S. The van der Waals surface area contributed by atoms with Gasteiger partial charge in [-0.25, -0.2) is 19.9 Å².